The standard InChI is InChI=1S/C12H4ClF3N2/c13-9-5-18-10(4-17)12(16)11(9)6-1-7(14)3-8(15)2-6/h1-3,5H. The van der Waals surface area contributed by atoms with E-state index in [0.29, 0.717) is 6.07 Å². The van der Waals surface area contributed by atoms with Crippen molar-refractivity contribution in [2.24, 2.45) is 0 Å². The lowest BCUT2D eigenvalue weighted by Gasteiger charge is -2.07. The fraction of sp³-hybridized carbons (Fsp3) is 0. The van der Waals surface area contributed by atoms with Crippen LogP contribution in [0.25, 0.3) is 11.1 Å². The fourth-order valence-electron chi connectivity index (χ4n) is 1.51. The third-order valence-electron chi connectivity index (χ3n) is 2.23. The predicted octanol–water partition coefficient (Wildman–Crippen LogP) is 3.69. The Bertz CT molecular complexity index is 645. The molecular weight excluding hydrogens is 265 g/mol. The van der Waals surface area contributed by atoms with Crippen LogP contribution < -0.4 is 0 Å². The third-order valence-corrected chi connectivity index (χ3v) is 2.52. The van der Waals surface area contributed by atoms with E-state index in [9.17, 15) is 13.2 Å². The first kappa shape index (κ1) is 12.4. The van der Waals surface area contributed by atoms with Gasteiger partial charge in [-0.05, 0) is 17.7 Å². The van der Waals surface area contributed by atoms with Gasteiger partial charge in [0.2, 0.25) is 0 Å². The summed E-state index contributed by atoms with van der Waals surface area (Å²) < 4.78 is 40.0. The van der Waals surface area contributed by atoms with E-state index in [0.717, 1.165) is 18.3 Å². The molecule has 0 amide bonds. The molecule has 0 aliphatic heterocycles. The number of nitrogens with zero attached hydrogens (tertiary/aromatic N) is 2. The quantitative estimate of drug-likeness (QED) is 0.791. The Morgan fingerprint density at radius 2 is 1.72 bits per heavy atom. The lowest BCUT2D eigenvalue weighted by molar-refractivity contribution is 0.583. The highest BCUT2D eigenvalue weighted by Crippen LogP contribution is 2.32. The molecule has 6 heteroatoms. The van der Waals surface area contributed by atoms with Crippen molar-refractivity contribution < 1.29 is 13.2 Å². The first-order chi connectivity index (χ1) is 8.52. The van der Waals surface area contributed by atoms with Crippen LogP contribution in [-0.2, 0) is 0 Å². The van der Waals surface area contributed by atoms with Crippen LogP contribution in [0.5, 0.6) is 0 Å². The molecule has 0 spiro atoms. The normalized spacial score (nSPS) is 10.2. The Kier molecular flexibility index (Phi) is 3.21. The molecule has 2 nitrogen and oxygen atoms in total. The summed E-state index contributed by atoms with van der Waals surface area (Å²) in [6.45, 7) is 0. The topological polar surface area (TPSA) is 36.7 Å². The van der Waals surface area contributed by atoms with Crippen LogP contribution in [0.1, 0.15) is 5.69 Å². The Hall–Kier alpha value is -2.06. The largest absolute Gasteiger partial charge is 0.241 e. The summed E-state index contributed by atoms with van der Waals surface area (Å²) in [6, 6.07) is 4.03. The van der Waals surface area contributed by atoms with Crippen LogP contribution in [0.15, 0.2) is 24.4 Å². The van der Waals surface area contributed by atoms with Crippen LogP contribution in [0, 0.1) is 28.8 Å². The molecule has 1 aromatic carbocycles. The summed E-state index contributed by atoms with van der Waals surface area (Å²) in [7, 11) is 0. The number of pyridine rings is 1. The van der Waals surface area contributed by atoms with Gasteiger partial charge in [0.05, 0.1) is 5.02 Å². The van der Waals surface area contributed by atoms with Gasteiger partial charge in [0, 0.05) is 17.8 Å². The average Bonchev–Trinajstić information content (AvgIpc) is 2.28. The minimum atomic E-state index is -1.00. The van der Waals surface area contributed by atoms with Gasteiger partial charge in [-0.3, -0.25) is 0 Å². The van der Waals surface area contributed by atoms with E-state index in [-0.39, 0.29) is 16.1 Å². The second kappa shape index (κ2) is 4.67. The third kappa shape index (κ3) is 2.15. The van der Waals surface area contributed by atoms with E-state index >= 15 is 0 Å². The molecule has 1 aromatic heterocycles. The van der Waals surface area contributed by atoms with Gasteiger partial charge in [0.15, 0.2) is 11.5 Å². The zero-order valence-electron chi connectivity index (χ0n) is 8.72. The second-order valence-corrected chi connectivity index (χ2v) is 3.82. The van der Waals surface area contributed by atoms with Crippen molar-refractivity contribution in [3.63, 3.8) is 0 Å². The smallest absolute Gasteiger partial charge is 0.176 e. The number of aromatic nitrogens is 1. The Morgan fingerprint density at radius 1 is 1.11 bits per heavy atom. The Morgan fingerprint density at radius 3 is 2.28 bits per heavy atom. The summed E-state index contributed by atoms with van der Waals surface area (Å²) in [4.78, 5) is 3.47. The summed E-state index contributed by atoms with van der Waals surface area (Å²) in [5, 5.41) is 8.52. The van der Waals surface area contributed by atoms with Gasteiger partial charge in [-0.15, -0.1) is 0 Å². The van der Waals surface area contributed by atoms with Gasteiger partial charge >= 0.3 is 0 Å². The zero-order valence-corrected chi connectivity index (χ0v) is 9.47. The number of hydrogen-bond donors (Lipinski definition) is 0. The van der Waals surface area contributed by atoms with Crippen molar-refractivity contribution in [3.05, 3.63) is 52.6 Å². The molecule has 2 rings (SSSR count). The number of benzene rings is 1. The maximum absolute atomic E-state index is 13.9. The first-order valence-corrected chi connectivity index (χ1v) is 5.11. The van der Waals surface area contributed by atoms with Crippen molar-refractivity contribution in [1.29, 1.82) is 5.26 Å². The molecule has 0 saturated carbocycles. The minimum Gasteiger partial charge on any atom is -0.241 e. The number of hydrogen-bond acceptors (Lipinski definition) is 2. The number of rotatable bonds is 1. The van der Waals surface area contributed by atoms with E-state index in [1.807, 2.05) is 0 Å². The van der Waals surface area contributed by atoms with Gasteiger partial charge in [-0.2, -0.15) is 5.26 Å². The molecule has 0 radical (unpaired) electrons. The van der Waals surface area contributed by atoms with E-state index in [2.05, 4.69) is 4.98 Å². The van der Waals surface area contributed by atoms with Crippen molar-refractivity contribution >= 4 is 11.6 Å². The molecule has 0 bridgehead atoms. The molecule has 0 N–H and O–H groups in total. The molecule has 0 aliphatic rings. The fourth-order valence-corrected chi connectivity index (χ4v) is 1.75. The predicted molar refractivity (Wildman–Crippen MR) is 59.3 cm³/mol. The molecule has 0 saturated heterocycles. The molecule has 0 aliphatic carbocycles. The Labute approximate surface area is 105 Å². The van der Waals surface area contributed by atoms with Gasteiger partial charge in [0.25, 0.3) is 0 Å². The molecule has 0 atom stereocenters. The molecule has 0 unspecified atom stereocenters. The summed E-state index contributed by atoms with van der Waals surface area (Å²) in [5.41, 5.74) is -0.824. The van der Waals surface area contributed by atoms with Crippen LogP contribution in [-0.4, -0.2) is 4.98 Å². The van der Waals surface area contributed by atoms with Gasteiger partial charge in [0.1, 0.15) is 17.7 Å². The highest BCUT2D eigenvalue weighted by molar-refractivity contribution is 6.33. The second-order valence-electron chi connectivity index (χ2n) is 3.41. The average molecular weight is 269 g/mol. The summed E-state index contributed by atoms with van der Waals surface area (Å²) in [5.74, 6) is -2.73. The van der Waals surface area contributed by atoms with E-state index in [4.69, 9.17) is 16.9 Å². The monoisotopic (exact) mass is 268 g/mol. The molecular formula is C12H4ClF3N2. The molecule has 90 valence electrons. The first-order valence-electron chi connectivity index (χ1n) is 4.73. The molecule has 1 heterocycles. The van der Waals surface area contributed by atoms with E-state index in [1.54, 1.807) is 0 Å². The van der Waals surface area contributed by atoms with Crippen molar-refractivity contribution in [1.82, 2.24) is 4.98 Å². The minimum absolute atomic E-state index is 0.0890. The van der Waals surface area contributed by atoms with Crippen LogP contribution >= 0.6 is 11.6 Å². The van der Waals surface area contributed by atoms with Crippen LogP contribution in [0.4, 0.5) is 13.2 Å². The van der Waals surface area contributed by atoms with Crippen LogP contribution in [0.2, 0.25) is 5.02 Å². The molecule has 0 fully saturated rings. The summed E-state index contributed by atoms with van der Waals surface area (Å²) >= 11 is 5.74. The molecule has 18 heavy (non-hydrogen) atoms. The number of nitriles is 1. The highest BCUT2D eigenvalue weighted by atomic mass is 35.5. The van der Waals surface area contributed by atoms with Crippen molar-refractivity contribution in [3.8, 4) is 17.2 Å². The Balaban J connectivity index is 2.74. The van der Waals surface area contributed by atoms with Gasteiger partial charge in [-0.25, -0.2) is 18.2 Å². The van der Waals surface area contributed by atoms with Crippen molar-refractivity contribution in [2.45, 2.75) is 0 Å². The lowest BCUT2D eigenvalue weighted by atomic mass is 10.0. The zero-order chi connectivity index (χ0) is 13.3. The number of halogens is 4. The summed E-state index contributed by atoms with van der Waals surface area (Å²) in [6.07, 6.45) is 1.06. The van der Waals surface area contributed by atoms with Gasteiger partial charge < -0.3 is 0 Å². The van der Waals surface area contributed by atoms with Crippen LogP contribution in [0.3, 0.4) is 0 Å². The lowest BCUT2D eigenvalue weighted by Crippen LogP contribution is -1.95. The maximum Gasteiger partial charge on any atom is 0.176 e. The molecule has 2 aromatic rings. The van der Waals surface area contributed by atoms with E-state index in [1.165, 1.54) is 6.07 Å². The van der Waals surface area contributed by atoms with Gasteiger partial charge in [-0.1, -0.05) is 11.6 Å². The highest BCUT2D eigenvalue weighted by Gasteiger charge is 2.16. The van der Waals surface area contributed by atoms with E-state index < -0.39 is 23.1 Å². The van der Waals surface area contributed by atoms with Crippen molar-refractivity contribution in [2.75, 3.05) is 0 Å². The SMILES string of the molecule is N#Cc1ncc(Cl)c(-c2cc(F)cc(F)c2)c1F. The maximum atomic E-state index is 13.9.